The summed E-state index contributed by atoms with van der Waals surface area (Å²) >= 11 is 5.85. The van der Waals surface area contributed by atoms with Crippen molar-refractivity contribution >= 4 is 11.6 Å². The molecule has 0 spiro atoms. The van der Waals surface area contributed by atoms with Crippen LogP contribution in [0.3, 0.4) is 0 Å². The van der Waals surface area contributed by atoms with Crippen molar-refractivity contribution in [2.45, 2.75) is 6.36 Å². The summed E-state index contributed by atoms with van der Waals surface area (Å²) in [7, 11) is 0. The van der Waals surface area contributed by atoms with Gasteiger partial charge < -0.3 is 9.84 Å². The standard InChI is InChI=1S/C12H7ClF3NO2/c13-9-5-7(18)6-17-11(9)8-3-1-2-4-10(8)19-12(14,15)16/h1-6,18H. The second-order valence-electron chi connectivity index (χ2n) is 3.57. The number of aromatic hydroxyl groups is 1. The maximum absolute atomic E-state index is 12.3. The molecule has 1 aromatic carbocycles. The van der Waals surface area contributed by atoms with Gasteiger partial charge in [0.05, 0.1) is 16.9 Å². The first-order valence-corrected chi connectivity index (χ1v) is 5.44. The summed E-state index contributed by atoms with van der Waals surface area (Å²) in [6.07, 6.45) is -3.72. The first-order valence-electron chi connectivity index (χ1n) is 5.06. The third kappa shape index (κ3) is 3.29. The summed E-state index contributed by atoms with van der Waals surface area (Å²) < 4.78 is 40.8. The number of nitrogens with zero attached hydrogens (tertiary/aromatic N) is 1. The summed E-state index contributed by atoms with van der Waals surface area (Å²) in [4.78, 5) is 3.81. The fourth-order valence-electron chi connectivity index (χ4n) is 1.50. The third-order valence-corrected chi connectivity index (χ3v) is 2.48. The van der Waals surface area contributed by atoms with E-state index in [-0.39, 0.29) is 22.0 Å². The van der Waals surface area contributed by atoms with Crippen LogP contribution in [0.4, 0.5) is 13.2 Å². The molecule has 1 aromatic heterocycles. The van der Waals surface area contributed by atoms with Gasteiger partial charge in [-0.3, -0.25) is 4.98 Å². The van der Waals surface area contributed by atoms with Crippen LogP contribution >= 0.6 is 11.6 Å². The Labute approximate surface area is 111 Å². The molecular weight excluding hydrogens is 283 g/mol. The average Bonchev–Trinajstić information content (AvgIpc) is 2.28. The minimum atomic E-state index is -4.81. The number of para-hydroxylation sites is 1. The highest BCUT2D eigenvalue weighted by Gasteiger charge is 2.32. The Kier molecular flexibility index (Phi) is 3.53. The molecule has 0 aliphatic rings. The van der Waals surface area contributed by atoms with Crippen LogP contribution in [-0.4, -0.2) is 16.5 Å². The zero-order chi connectivity index (χ0) is 14.0. The number of aromatic nitrogens is 1. The SMILES string of the molecule is Oc1cnc(-c2ccccc2OC(F)(F)F)c(Cl)c1. The molecule has 0 aliphatic heterocycles. The van der Waals surface area contributed by atoms with Gasteiger partial charge in [0.25, 0.3) is 0 Å². The van der Waals surface area contributed by atoms with Crippen LogP contribution in [-0.2, 0) is 0 Å². The number of pyridine rings is 1. The molecule has 0 bridgehead atoms. The molecule has 1 heterocycles. The highest BCUT2D eigenvalue weighted by molar-refractivity contribution is 6.33. The maximum Gasteiger partial charge on any atom is 0.573 e. The molecule has 0 fully saturated rings. The van der Waals surface area contributed by atoms with Gasteiger partial charge in [-0.2, -0.15) is 0 Å². The van der Waals surface area contributed by atoms with Crippen molar-refractivity contribution in [3.05, 3.63) is 41.6 Å². The maximum atomic E-state index is 12.3. The lowest BCUT2D eigenvalue weighted by atomic mass is 10.1. The van der Waals surface area contributed by atoms with Crippen molar-refractivity contribution in [3.63, 3.8) is 0 Å². The van der Waals surface area contributed by atoms with Crippen molar-refractivity contribution in [2.24, 2.45) is 0 Å². The molecule has 3 nitrogen and oxygen atoms in total. The second kappa shape index (κ2) is 4.97. The molecule has 0 saturated heterocycles. The van der Waals surface area contributed by atoms with Gasteiger partial charge in [-0.25, -0.2) is 0 Å². The van der Waals surface area contributed by atoms with Crippen LogP contribution in [0, 0.1) is 0 Å². The molecule has 1 N–H and O–H groups in total. The minimum Gasteiger partial charge on any atom is -0.506 e. The summed E-state index contributed by atoms with van der Waals surface area (Å²) in [5.74, 6) is -0.585. The first-order chi connectivity index (χ1) is 8.87. The molecule has 0 atom stereocenters. The normalized spacial score (nSPS) is 11.4. The minimum absolute atomic E-state index is 0.0261. The van der Waals surface area contributed by atoms with Crippen LogP contribution < -0.4 is 4.74 Å². The van der Waals surface area contributed by atoms with Gasteiger partial charge >= 0.3 is 6.36 Å². The van der Waals surface area contributed by atoms with Crippen molar-refractivity contribution in [3.8, 4) is 22.8 Å². The van der Waals surface area contributed by atoms with Crippen molar-refractivity contribution < 1.29 is 23.0 Å². The van der Waals surface area contributed by atoms with Gasteiger partial charge in [0.1, 0.15) is 11.5 Å². The fourth-order valence-corrected chi connectivity index (χ4v) is 1.76. The molecule has 0 aliphatic carbocycles. The Morgan fingerprint density at radius 3 is 2.53 bits per heavy atom. The molecule has 2 rings (SSSR count). The highest BCUT2D eigenvalue weighted by atomic mass is 35.5. The van der Waals surface area contributed by atoms with Crippen LogP contribution in [0.2, 0.25) is 5.02 Å². The van der Waals surface area contributed by atoms with E-state index in [4.69, 9.17) is 11.6 Å². The zero-order valence-corrected chi connectivity index (χ0v) is 10.0. The molecule has 0 unspecified atom stereocenters. The van der Waals surface area contributed by atoms with E-state index < -0.39 is 12.1 Å². The number of benzene rings is 1. The van der Waals surface area contributed by atoms with Gasteiger partial charge in [0.2, 0.25) is 0 Å². The lowest BCUT2D eigenvalue weighted by molar-refractivity contribution is -0.274. The predicted molar refractivity (Wildman–Crippen MR) is 63.0 cm³/mol. The lowest BCUT2D eigenvalue weighted by Gasteiger charge is -2.13. The van der Waals surface area contributed by atoms with E-state index in [1.807, 2.05) is 0 Å². The van der Waals surface area contributed by atoms with Crippen LogP contribution in [0.5, 0.6) is 11.5 Å². The Hall–Kier alpha value is -1.95. The molecule has 0 radical (unpaired) electrons. The van der Waals surface area contributed by atoms with Crippen molar-refractivity contribution in [2.75, 3.05) is 0 Å². The van der Waals surface area contributed by atoms with Crippen LogP contribution in [0.25, 0.3) is 11.3 Å². The summed E-state index contributed by atoms with van der Waals surface area (Å²) in [6.45, 7) is 0. The average molecular weight is 290 g/mol. The Morgan fingerprint density at radius 2 is 1.89 bits per heavy atom. The second-order valence-corrected chi connectivity index (χ2v) is 3.98. The van der Waals surface area contributed by atoms with Gasteiger partial charge in [-0.05, 0) is 12.1 Å². The van der Waals surface area contributed by atoms with E-state index in [9.17, 15) is 18.3 Å². The summed E-state index contributed by atoms with van der Waals surface area (Å²) in [6, 6.07) is 6.68. The predicted octanol–water partition coefficient (Wildman–Crippen LogP) is 4.01. The topological polar surface area (TPSA) is 42.4 Å². The Balaban J connectivity index is 2.50. The quantitative estimate of drug-likeness (QED) is 0.908. The van der Waals surface area contributed by atoms with E-state index in [0.29, 0.717) is 0 Å². The monoisotopic (exact) mass is 289 g/mol. The number of halogens is 4. The number of rotatable bonds is 2. The van der Waals surface area contributed by atoms with E-state index in [0.717, 1.165) is 12.3 Å². The fraction of sp³-hybridized carbons (Fsp3) is 0.0833. The highest BCUT2D eigenvalue weighted by Crippen LogP contribution is 2.36. The Morgan fingerprint density at radius 1 is 1.21 bits per heavy atom. The summed E-state index contributed by atoms with van der Waals surface area (Å²) in [5.41, 5.74) is 0.184. The van der Waals surface area contributed by atoms with E-state index in [1.54, 1.807) is 0 Å². The molecule has 0 saturated carbocycles. The lowest BCUT2D eigenvalue weighted by Crippen LogP contribution is -2.17. The zero-order valence-electron chi connectivity index (χ0n) is 9.28. The summed E-state index contributed by atoms with van der Waals surface area (Å²) in [5, 5.41) is 9.21. The molecule has 0 amide bonds. The number of ether oxygens (including phenoxy) is 1. The largest absolute Gasteiger partial charge is 0.573 e. The number of hydrogen-bond donors (Lipinski definition) is 1. The number of alkyl halides is 3. The van der Waals surface area contributed by atoms with E-state index >= 15 is 0 Å². The smallest absolute Gasteiger partial charge is 0.506 e. The van der Waals surface area contributed by atoms with Crippen LogP contribution in [0.15, 0.2) is 36.5 Å². The van der Waals surface area contributed by atoms with Gasteiger partial charge in [-0.1, -0.05) is 23.7 Å². The van der Waals surface area contributed by atoms with Crippen molar-refractivity contribution in [1.82, 2.24) is 4.98 Å². The molecular formula is C12H7ClF3NO2. The molecule has 2 aromatic rings. The molecule has 100 valence electrons. The van der Waals surface area contributed by atoms with Crippen molar-refractivity contribution in [1.29, 1.82) is 0 Å². The number of hydrogen-bond acceptors (Lipinski definition) is 3. The Bertz CT molecular complexity index is 602. The third-order valence-electron chi connectivity index (χ3n) is 2.19. The molecule has 7 heteroatoms. The van der Waals surface area contributed by atoms with Gasteiger partial charge in [0, 0.05) is 11.6 Å². The van der Waals surface area contributed by atoms with Gasteiger partial charge in [0.15, 0.2) is 0 Å². The van der Waals surface area contributed by atoms with E-state index in [1.165, 1.54) is 24.3 Å². The van der Waals surface area contributed by atoms with Gasteiger partial charge in [-0.15, -0.1) is 13.2 Å². The first kappa shape index (κ1) is 13.5. The van der Waals surface area contributed by atoms with Crippen LogP contribution in [0.1, 0.15) is 0 Å². The van der Waals surface area contributed by atoms with E-state index in [2.05, 4.69) is 9.72 Å². The molecule has 19 heavy (non-hydrogen) atoms.